The van der Waals surface area contributed by atoms with Gasteiger partial charge >= 0.3 is 6.18 Å². The number of aromatic hydroxyl groups is 1. The molecule has 0 saturated heterocycles. The molecule has 0 radical (unpaired) electrons. The van der Waals surface area contributed by atoms with Crippen LogP contribution in [0.4, 0.5) is 19.0 Å². The average molecular weight is 592 g/mol. The summed E-state index contributed by atoms with van der Waals surface area (Å²) in [4.78, 5) is 30.3. The molecule has 0 bridgehead atoms. The number of carbonyl (C=O) groups excluding carboxylic acids is 2. The lowest BCUT2D eigenvalue weighted by Gasteiger charge is -2.11. The summed E-state index contributed by atoms with van der Waals surface area (Å²) in [6.07, 6.45) is -3.84. The number of phenols is 1. The van der Waals surface area contributed by atoms with Crippen LogP contribution in [0.25, 0.3) is 0 Å². The standard InChI is InChI=1S/C22H21ClF3N5O5S2/c23-17-10-14(22(24,25)26)11-28-20(17)27-9-1-2-18(33)30-31-38(35,36)19-8-7-16(37-19)12-29-21(34)13-3-5-15(32)6-4-13/h3-8,10-11,31-32H,1-2,9,12H2,(H,27,28)(H,29,34)(H,30,33). The lowest BCUT2D eigenvalue weighted by atomic mass is 10.2. The number of alkyl halides is 3. The predicted octanol–water partition coefficient (Wildman–Crippen LogP) is 3.65. The second kappa shape index (κ2) is 12.4. The molecule has 2 aromatic heterocycles. The first kappa shape index (κ1) is 29.2. The molecule has 0 fully saturated rings. The molecular formula is C22H21ClF3N5O5S2. The third-order valence-corrected chi connectivity index (χ3v) is 7.93. The van der Waals surface area contributed by atoms with Crippen LogP contribution in [0.5, 0.6) is 5.75 Å². The molecule has 2 amide bonds. The van der Waals surface area contributed by atoms with Crippen LogP contribution in [0.2, 0.25) is 5.02 Å². The maximum Gasteiger partial charge on any atom is 0.417 e. The van der Waals surface area contributed by atoms with Crippen molar-refractivity contribution in [3.8, 4) is 5.75 Å². The summed E-state index contributed by atoms with van der Waals surface area (Å²) in [5.41, 5.74) is 1.42. The number of thiophene rings is 1. The Kier molecular flexibility index (Phi) is 9.54. The fourth-order valence-electron chi connectivity index (χ4n) is 2.90. The van der Waals surface area contributed by atoms with E-state index in [-0.39, 0.29) is 46.7 Å². The molecule has 10 nitrogen and oxygen atoms in total. The lowest BCUT2D eigenvalue weighted by Crippen LogP contribution is -2.41. The van der Waals surface area contributed by atoms with Crippen molar-refractivity contribution in [3.05, 3.63) is 69.7 Å². The Morgan fingerprint density at radius 1 is 1.11 bits per heavy atom. The number of benzene rings is 1. The third-order valence-electron chi connectivity index (χ3n) is 4.82. The van der Waals surface area contributed by atoms with Gasteiger partial charge < -0.3 is 15.7 Å². The molecule has 0 saturated carbocycles. The van der Waals surface area contributed by atoms with Gasteiger partial charge in [0.15, 0.2) is 0 Å². The van der Waals surface area contributed by atoms with E-state index in [1.54, 1.807) is 0 Å². The van der Waals surface area contributed by atoms with E-state index in [4.69, 9.17) is 11.6 Å². The summed E-state index contributed by atoms with van der Waals surface area (Å²) in [7, 11) is -4.06. The minimum atomic E-state index is -4.57. The fourth-order valence-corrected chi connectivity index (χ4v) is 5.28. The largest absolute Gasteiger partial charge is 0.508 e. The number of anilines is 1. The molecular weight excluding hydrogens is 571 g/mol. The van der Waals surface area contributed by atoms with Gasteiger partial charge in [0.05, 0.1) is 17.1 Å². The summed E-state index contributed by atoms with van der Waals surface area (Å²) >= 11 is 6.69. The Morgan fingerprint density at radius 3 is 2.47 bits per heavy atom. The monoisotopic (exact) mass is 591 g/mol. The minimum Gasteiger partial charge on any atom is -0.508 e. The number of carbonyl (C=O) groups is 2. The van der Waals surface area contributed by atoms with Crippen molar-refractivity contribution >= 4 is 50.6 Å². The second-order valence-electron chi connectivity index (χ2n) is 7.69. The molecule has 2 heterocycles. The average Bonchev–Trinajstić information content (AvgIpc) is 3.35. The summed E-state index contributed by atoms with van der Waals surface area (Å²) in [6, 6.07) is 9.20. The number of phenolic OH excluding ortho intramolecular Hbond substituents is 1. The molecule has 3 aromatic rings. The number of hydrazine groups is 1. The number of amides is 2. The molecule has 0 unspecified atom stereocenters. The molecule has 1 aromatic carbocycles. The summed E-state index contributed by atoms with van der Waals surface area (Å²) in [5, 5.41) is 14.4. The van der Waals surface area contributed by atoms with Crippen molar-refractivity contribution in [3.63, 3.8) is 0 Å². The third kappa shape index (κ3) is 8.31. The van der Waals surface area contributed by atoms with Crippen LogP contribution >= 0.6 is 22.9 Å². The van der Waals surface area contributed by atoms with E-state index in [1.807, 2.05) is 4.83 Å². The topological polar surface area (TPSA) is 150 Å². The van der Waals surface area contributed by atoms with Gasteiger partial charge in [-0.15, -0.1) is 16.2 Å². The van der Waals surface area contributed by atoms with Gasteiger partial charge in [-0.05, 0) is 48.9 Å². The zero-order valence-corrected chi connectivity index (χ0v) is 21.7. The summed E-state index contributed by atoms with van der Waals surface area (Å²) in [5.74, 6) is -1.00. The number of hydrogen-bond donors (Lipinski definition) is 5. The molecule has 0 atom stereocenters. The normalized spacial score (nSPS) is 11.7. The summed E-state index contributed by atoms with van der Waals surface area (Å²) in [6.45, 7) is 0.208. The fraction of sp³-hybridized carbons (Fsp3) is 0.227. The van der Waals surface area contributed by atoms with Gasteiger partial charge in [0, 0.05) is 29.6 Å². The number of pyridine rings is 1. The smallest absolute Gasteiger partial charge is 0.417 e. The van der Waals surface area contributed by atoms with Gasteiger partial charge in [0.25, 0.3) is 15.9 Å². The Balaban J connectivity index is 1.41. The Labute approximate surface area is 224 Å². The van der Waals surface area contributed by atoms with Crippen molar-refractivity contribution in [1.82, 2.24) is 20.6 Å². The Bertz CT molecular complexity index is 1400. The number of rotatable bonds is 11. The van der Waals surface area contributed by atoms with Gasteiger partial charge in [-0.3, -0.25) is 15.0 Å². The van der Waals surface area contributed by atoms with Gasteiger partial charge in [-0.2, -0.15) is 13.2 Å². The van der Waals surface area contributed by atoms with Gasteiger partial charge in [-0.25, -0.2) is 13.4 Å². The molecule has 204 valence electrons. The van der Waals surface area contributed by atoms with Crippen LogP contribution in [0.15, 0.2) is 52.9 Å². The number of nitrogens with zero attached hydrogens (tertiary/aromatic N) is 1. The number of halogens is 4. The van der Waals surface area contributed by atoms with E-state index in [2.05, 4.69) is 21.0 Å². The first-order valence-electron chi connectivity index (χ1n) is 10.8. The zero-order chi connectivity index (χ0) is 27.9. The summed E-state index contributed by atoms with van der Waals surface area (Å²) < 4.78 is 62.8. The molecule has 16 heteroatoms. The van der Waals surface area contributed by atoms with Crippen molar-refractivity contribution in [2.75, 3.05) is 11.9 Å². The first-order valence-corrected chi connectivity index (χ1v) is 13.5. The van der Waals surface area contributed by atoms with E-state index >= 15 is 0 Å². The molecule has 38 heavy (non-hydrogen) atoms. The van der Waals surface area contributed by atoms with Crippen molar-refractivity contribution in [1.29, 1.82) is 0 Å². The molecule has 0 aliphatic carbocycles. The van der Waals surface area contributed by atoms with Gasteiger partial charge in [0.1, 0.15) is 15.8 Å². The highest BCUT2D eigenvalue weighted by molar-refractivity contribution is 7.91. The highest BCUT2D eigenvalue weighted by atomic mass is 35.5. The second-order valence-corrected chi connectivity index (χ2v) is 11.2. The van der Waals surface area contributed by atoms with E-state index in [9.17, 15) is 36.3 Å². The van der Waals surface area contributed by atoms with Crippen LogP contribution in [0, 0.1) is 0 Å². The number of nitrogens with one attached hydrogen (secondary N) is 4. The van der Waals surface area contributed by atoms with Crippen molar-refractivity contribution < 1.29 is 36.3 Å². The Morgan fingerprint density at radius 2 is 1.82 bits per heavy atom. The SMILES string of the molecule is O=C(CCCNc1ncc(C(F)(F)F)cc1Cl)NNS(=O)(=O)c1ccc(CNC(=O)c2ccc(O)cc2)s1. The lowest BCUT2D eigenvalue weighted by molar-refractivity contribution is -0.137. The van der Waals surface area contributed by atoms with Crippen LogP contribution < -0.4 is 20.9 Å². The quantitative estimate of drug-likeness (QED) is 0.169. The molecule has 0 spiro atoms. The van der Waals surface area contributed by atoms with Crippen LogP contribution in [0.3, 0.4) is 0 Å². The predicted molar refractivity (Wildman–Crippen MR) is 134 cm³/mol. The van der Waals surface area contributed by atoms with Crippen LogP contribution in [-0.2, 0) is 27.5 Å². The molecule has 0 aliphatic rings. The zero-order valence-electron chi connectivity index (χ0n) is 19.3. The molecule has 5 N–H and O–H groups in total. The maximum absolute atomic E-state index is 12.7. The highest BCUT2D eigenvalue weighted by Crippen LogP contribution is 2.32. The van der Waals surface area contributed by atoms with Crippen LogP contribution in [0.1, 0.15) is 33.6 Å². The minimum absolute atomic E-state index is 0.0197. The van der Waals surface area contributed by atoms with Gasteiger partial charge in [-0.1, -0.05) is 11.6 Å². The number of aromatic nitrogens is 1. The van der Waals surface area contributed by atoms with Crippen LogP contribution in [-0.4, -0.2) is 36.9 Å². The van der Waals surface area contributed by atoms with E-state index in [1.165, 1.54) is 36.4 Å². The highest BCUT2D eigenvalue weighted by Gasteiger charge is 2.31. The van der Waals surface area contributed by atoms with Crippen molar-refractivity contribution in [2.45, 2.75) is 29.8 Å². The molecule has 0 aliphatic heterocycles. The van der Waals surface area contributed by atoms with E-state index in [0.29, 0.717) is 16.6 Å². The Hall–Kier alpha value is -3.40. The maximum atomic E-state index is 12.7. The van der Waals surface area contributed by atoms with Crippen molar-refractivity contribution in [2.24, 2.45) is 0 Å². The molecule has 3 rings (SSSR count). The number of sulfonamides is 1. The first-order chi connectivity index (χ1) is 17.8. The van der Waals surface area contributed by atoms with E-state index in [0.717, 1.165) is 17.4 Å². The van der Waals surface area contributed by atoms with E-state index < -0.39 is 33.6 Å². The van der Waals surface area contributed by atoms with Gasteiger partial charge in [0.2, 0.25) is 5.91 Å². The number of hydrogen-bond acceptors (Lipinski definition) is 8.